The highest BCUT2D eigenvalue weighted by atomic mass is 79.9. The van der Waals surface area contributed by atoms with Crippen molar-refractivity contribution in [1.82, 2.24) is 5.32 Å². The van der Waals surface area contributed by atoms with Gasteiger partial charge in [0.2, 0.25) is 0 Å². The molecule has 2 aromatic carbocycles. The van der Waals surface area contributed by atoms with Crippen LogP contribution in [0.15, 0.2) is 51.9 Å². The van der Waals surface area contributed by atoms with Crippen LogP contribution in [0, 0.1) is 23.2 Å². The Bertz CT molecular complexity index is 921. The third-order valence-electron chi connectivity index (χ3n) is 7.84. The van der Waals surface area contributed by atoms with Gasteiger partial charge in [0.15, 0.2) is 0 Å². The summed E-state index contributed by atoms with van der Waals surface area (Å²) in [4.78, 5) is 4.49. The number of nitrogens with zero attached hydrogens (tertiary/aromatic N) is 1. The number of hydrogen-bond donors (Lipinski definition) is 3. The summed E-state index contributed by atoms with van der Waals surface area (Å²) < 4.78 is 0.908. The van der Waals surface area contributed by atoms with Crippen LogP contribution >= 0.6 is 15.9 Å². The molecule has 31 heavy (non-hydrogen) atoms. The van der Waals surface area contributed by atoms with Crippen LogP contribution in [0.2, 0.25) is 0 Å². The van der Waals surface area contributed by atoms with Crippen LogP contribution in [0.5, 0.6) is 5.75 Å². The van der Waals surface area contributed by atoms with Gasteiger partial charge >= 0.3 is 0 Å². The summed E-state index contributed by atoms with van der Waals surface area (Å²) in [6, 6.07) is 13.7. The molecule has 4 aliphatic carbocycles. The van der Waals surface area contributed by atoms with Gasteiger partial charge in [0.05, 0.1) is 12.3 Å². The third-order valence-corrected chi connectivity index (χ3v) is 8.33. The first kappa shape index (κ1) is 21.2. The Balaban J connectivity index is 1.22. The zero-order valence-corrected chi connectivity index (χ0v) is 19.4. The first-order chi connectivity index (χ1) is 15.0. The van der Waals surface area contributed by atoms with Gasteiger partial charge < -0.3 is 15.5 Å². The number of aromatic hydroxyl groups is 1. The van der Waals surface area contributed by atoms with Crippen LogP contribution in [-0.2, 0) is 6.54 Å². The molecule has 0 radical (unpaired) electrons. The summed E-state index contributed by atoms with van der Waals surface area (Å²) >= 11 is 3.42. The molecule has 4 saturated carbocycles. The Labute approximate surface area is 192 Å². The summed E-state index contributed by atoms with van der Waals surface area (Å²) in [5.41, 5.74) is 3.04. The fourth-order valence-electron chi connectivity index (χ4n) is 6.79. The van der Waals surface area contributed by atoms with Gasteiger partial charge in [0.25, 0.3) is 0 Å². The lowest BCUT2D eigenvalue weighted by Crippen LogP contribution is -2.57. The van der Waals surface area contributed by atoms with E-state index in [4.69, 9.17) is 0 Å². The van der Waals surface area contributed by atoms with Crippen molar-refractivity contribution < 1.29 is 10.2 Å². The van der Waals surface area contributed by atoms with E-state index in [0.29, 0.717) is 11.0 Å². The molecule has 4 aliphatic rings. The molecule has 6 rings (SSSR count). The maximum atomic E-state index is 10.2. The van der Waals surface area contributed by atoms with Gasteiger partial charge in [-0.25, -0.2) is 0 Å². The van der Waals surface area contributed by atoms with Crippen LogP contribution in [0.25, 0.3) is 0 Å². The number of aliphatic imine (C=N–C) groups is 1. The van der Waals surface area contributed by atoms with Gasteiger partial charge in [0, 0.05) is 28.8 Å². The molecule has 4 bridgehead atoms. The summed E-state index contributed by atoms with van der Waals surface area (Å²) in [5, 5.41) is 23.9. The van der Waals surface area contributed by atoms with E-state index in [2.05, 4.69) is 38.4 Å². The Morgan fingerprint density at radius 1 is 1.03 bits per heavy atom. The minimum Gasteiger partial charge on any atom is -0.507 e. The molecule has 0 aliphatic heterocycles. The molecule has 5 heteroatoms. The van der Waals surface area contributed by atoms with Gasteiger partial charge in [-0.15, -0.1) is 0 Å². The van der Waals surface area contributed by atoms with Crippen molar-refractivity contribution in [2.24, 2.45) is 28.2 Å². The summed E-state index contributed by atoms with van der Waals surface area (Å²) in [5.74, 6) is 2.89. The van der Waals surface area contributed by atoms with E-state index >= 15 is 0 Å². The van der Waals surface area contributed by atoms with E-state index in [-0.39, 0.29) is 18.4 Å². The van der Waals surface area contributed by atoms with E-state index in [0.717, 1.165) is 34.5 Å². The SMILES string of the molecule is OCC(NCc1ccc(N=Cc2cc(Br)ccc2O)cc1)C12CC3CC(CC(C3)C1)C2. The molecule has 0 heterocycles. The largest absolute Gasteiger partial charge is 0.507 e. The number of benzene rings is 2. The topological polar surface area (TPSA) is 64.8 Å². The molecule has 3 N–H and O–H groups in total. The predicted molar refractivity (Wildman–Crippen MR) is 128 cm³/mol. The Morgan fingerprint density at radius 3 is 2.29 bits per heavy atom. The molecule has 4 nitrogen and oxygen atoms in total. The zero-order valence-electron chi connectivity index (χ0n) is 17.8. The highest BCUT2D eigenvalue weighted by Crippen LogP contribution is 2.61. The lowest BCUT2D eigenvalue weighted by atomic mass is 9.47. The van der Waals surface area contributed by atoms with Gasteiger partial charge in [-0.05, 0) is 97.6 Å². The Morgan fingerprint density at radius 2 is 1.68 bits per heavy atom. The van der Waals surface area contributed by atoms with E-state index in [1.165, 1.54) is 44.1 Å². The van der Waals surface area contributed by atoms with Crippen molar-refractivity contribution in [3.63, 3.8) is 0 Å². The Hall–Kier alpha value is -1.69. The smallest absolute Gasteiger partial charge is 0.124 e. The molecule has 164 valence electrons. The standard InChI is InChI=1S/C26H31BrN2O2/c27-22-3-6-24(31)21(10-22)15-28-23-4-1-17(2-5-23)14-29-25(16-30)26-11-18-7-19(12-26)9-20(8-18)13-26/h1-6,10,15,18-20,25,29-31H,7-9,11-14,16H2. The lowest BCUT2D eigenvalue weighted by molar-refractivity contribution is -0.0828. The molecular formula is C26H31BrN2O2. The molecule has 0 saturated heterocycles. The number of nitrogens with one attached hydrogen (secondary N) is 1. The molecule has 1 atom stereocenters. The normalized spacial score (nSPS) is 30.2. The number of phenols is 1. The van der Waals surface area contributed by atoms with Gasteiger partial charge in [-0.2, -0.15) is 0 Å². The van der Waals surface area contributed by atoms with Crippen molar-refractivity contribution in [1.29, 1.82) is 0 Å². The highest BCUT2D eigenvalue weighted by Gasteiger charge is 2.53. The molecule has 0 spiro atoms. The quantitative estimate of drug-likeness (QED) is 0.451. The molecule has 0 amide bonds. The van der Waals surface area contributed by atoms with Gasteiger partial charge in [-0.3, -0.25) is 4.99 Å². The summed E-state index contributed by atoms with van der Waals surface area (Å²) in [7, 11) is 0. The van der Waals surface area contributed by atoms with E-state index in [9.17, 15) is 10.2 Å². The summed E-state index contributed by atoms with van der Waals surface area (Å²) in [6.45, 7) is 0.994. The van der Waals surface area contributed by atoms with Crippen molar-refractivity contribution in [3.8, 4) is 5.75 Å². The second-order valence-electron chi connectivity index (χ2n) is 10.0. The fraction of sp³-hybridized carbons (Fsp3) is 0.500. The molecule has 0 aromatic heterocycles. The van der Waals surface area contributed by atoms with Crippen LogP contribution in [0.3, 0.4) is 0 Å². The highest BCUT2D eigenvalue weighted by molar-refractivity contribution is 9.10. The average molecular weight is 483 g/mol. The molecule has 1 unspecified atom stereocenters. The van der Waals surface area contributed by atoms with Crippen molar-refractivity contribution in [3.05, 3.63) is 58.1 Å². The van der Waals surface area contributed by atoms with Crippen LogP contribution in [0.1, 0.15) is 49.7 Å². The average Bonchev–Trinajstić information content (AvgIpc) is 2.74. The van der Waals surface area contributed by atoms with Crippen LogP contribution in [0.4, 0.5) is 5.69 Å². The second kappa shape index (κ2) is 8.68. The molecular weight excluding hydrogens is 452 g/mol. The van der Waals surface area contributed by atoms with E-state index in [1.807, 2.05) is 18.2 Å². The maximum Gasteiger partial charge on any atom is 0.124 e. The number of phenolic OH excluding ortho intramolecular Hbond substituents is 1. The molecule has 4 fully saturated rings. The monoisotopic (exact) mass is 482 g/mol. The van der Waals surface area contributed by atoms with E-state index < -0.39 is 0 Å². The second-order valence-corrected chi connectivity index (χ2v) is 10.9. The maximum absolute atomic E-state index is 10.2. The zero-order chi connectivity index (χ0) is 21.4. The van der Waals surface area contributed by atoms with Crippen molar-refractivity contribution in [2.75, 3.05) is 6.61 Å². The van der Waals surface area contributed by atoms with Crippen LogP contribution < -0.4 is 5.32 Å². The van der Waals surface area contributed by atoms with Crippen LogP contribution in [-0.4, -0.2) is 29.1 Å². The summed E-state index contributed by atoms with van der Waals surface area (Å²) in [6.07, 6.45) is 9.86. The number of aliphatic hydroxyl groups is 1. The lowest BCUT2D eigenvalue weighted by Gasteiger charge is -2.59. The van der Waals surface area contributed by atoms with Gasteiger partial charge in [-0.1, -0.05) is 28.1 Å². The predicted octanol–water partition coefficient (Wildman–Crippen LogP) is 5.57. The third kappa shape index (κ3) is 4.46. The number of halogens is 1. The number of hydrogen-bond acceptors (Lipinski definition) is 4. The van der Waals surface area contributed by atoms with Gasteiger partial charge in [0.1, 0.15) is 5.75 Å². The number of aliphatic hydroxyl groups excluding tert-OH is 1. The first-order valence-corrected chi connectivity index (χ1v) is 12.3. The van der Waals surface area contributed by atoms with E-state index in [1.54, 1.807) is 18.3 Å². The van der Waals surface area contributed by atoms with Crippen molar-refractivity contribution in [2.45, 2.75) is 51.1 Å². The minimum atomic E-state index is 0.193. The minimum absolute atomic E-state index is 0.193. The number of rotatable bonds is 7. The molecule has 2 aromatic rings. The first-order valence-electron chi connectivity index (χ1n) is 11.5. The Kier molecular flexibility index (Phi) is 5.93. The fourth-order valence-corrected chi connectivity index (χ4v) is 7.17. The van der Waals surface area contributed by atoms with Crippen molar-refractivity contribution >= 4 is 27.8 Å².